The molecule has 0 unspecified atom stereocenters. The molecule has 0 saturated carbocycles. The Labute approximate surface area is 195 Å². The van der Waals surface area contributed by atoms with Gasteiger partial charge in [0.15, 0.2) is 0 Å². The fraction of sp³-hybridized carbons (Fsp3) is 0.182. The van der Waals surface area contributed by atoms with Crippen molar-refractivity contribution in [2.24, 2.45) is 0 Å². The minimum absolute atomic E-state index is 0.170. The number of carbonyl (C=O) groups is 2. The van der Waals surface area contributed by atoms with Gasteiger partial charge in [-0.15, -0.1) is 0 Å². The van der Waals surface area contributed by atoms with Crippen LogP contribution in [0.4, 0.5) is 5.69 Å². The standard InChI is InChI=1S/C22H20ClN3O4S2/c23-17-5-7-18(8-6-17)32(29,30)26-12-10-25(11-13-26)22(28)19-3-1-2-4-20(19)24-21(27)16-9-14-31-15-16/h1-9,14-15H,10-13H2,(H,24,27). The van der Waals surface area contributed by atoms with Gasteiger partial charge in [0, 0.05) is 36.6 Å². The summed E-state index contributed by atoms with van der Waals surface area (Å²) in [7, 11) is -3.66. The number of benzene rings is 2. The summed E-state index contributed by atoms with van der Waals surface area (Å²) < 4.78 is 27.1. The number of amides is 2. The quantitative estimate of drug-likeness (QED) is 0.590. The maximum atomic E-state index is 13.1. The minimum Gasteiger partial charge on any atom is -0.336 e. The van der Waals surface area contributed by atoms with E-state index >= 15 is 0 Å². The third-order valence-corrected chi connectivity index (χ3v) is 8.01. The van der Waals surface area contributed by atoms with Crippen molar-refractivity contribution in [1.82, 2.24) is 9.21 Å². The highest BCUT2D eigenvalue weighted by atomic mass is 35.5. The molecular formula is C22H20ClN3O4S2. The SMILES string of the molecule is O=C(Nc1ccccc1C(=O)N1CCN(S(=O)(=O)c2ccc(Cl)cc2)CC1)c1ccsc1. The van der Waals surface area contributed by atoms with Crippen LogP contribution in [0.2, 0.25) is 5.02 Å². The lowest BCUT2D eigenvalue weighted by Crippen LogP contribution is -2.50. The second-order valence-electron chi connectivity index (χ2n) is 7.16. The Bertz CT molecular complexity index is 1220. The van der Waals surface area contributed by atoms with Gasteiger partial charge in [-0.2, -0.15) is 15.6 Å². The Balaban J connectivity index is 1.45. The molecule has 2 heterocycles. The lowest BCUT2D eigenvalue weighted by atomic mass is 10.1. The van der Waals surface area contributed by atoms with Crippen LogP contribution in [0.5, 0.6) is 0 Å². The van der Waals surface area contributed by atoms with Crippen molar-refractivity contribution in [1.29, 1.82) is 0 Å². The molecule has 1 aliphatic heterocycles. The Morgan fingerprint density at radius 2 is 1.62 bits per heavy atom. The third-order valence-electron chi connectivity index (χ3n) is 5.17. The molecule has 3 aromatic rings. The number of halogens is 1. The van der Waals surface area contributed by atoms with E-state index < -0.39 is 10.0 Å². The summed E-state index contributed by atoms with van der Waals surface area (Å²) in [5, 5.41) is 6.80. The molecule has 1 N–H and O–H groups in total. The number of rotatable bonds is 5. The highest BCUT2D eigenvalue weighted by molar-refractivity contribution is 7.89. The number of para-hydroxylation sites is 1. The van der Waals surface area contributed by atoms with E-state index in [2.05, 4.69) is 5.32 Å². The summed E-state index contributed by atoms with van der Waals surface area (Å²) >= 11 is 7.27. The molecule has 1 fully saturated rings. The fourth-order valence-electron chi connectivity index (χ4n) is 3.42. The van der Waals surface area contributed by atoms with Crippen molar-refractivity contribution < 1.29 is 18.0 Å². The van der Waals surface area contributed by atoms with Crippen molar-refractivity contribution in [2.75, 3.05) is 31.5 Å². The van der Waals surface area contributed by atoms with Gasteiger partial charge < -0.3 is 10.2 Å². The van der Waals surface area contributed by atoms with Gasteiger partial charge in [0.2, 0.25) is 10.0 Å². The molecule has 1 saturated heterocycles. The number of sulfonamides is 1. The number of hydrogen-bond acceptors (Lipinski definition) is 5. The van der Waals surface area contributed by atoms with Gasteiger partial charge in [-0.05, 0) is 47.8 Å². The van der Waals surface area contributed by atoms with Crippen LogP contribution in [0.3, 0.4) is 0 Å². The number of thiophene rings is 1. The summed E-state index contributed by atoms with van der Waals surface area (Å²) in [4.78, 5) is 27.3. The maximum Gasteiger partial charge on any atom is 0.256 e. The number of piperazine rings is 1. The van der Waals surface area contributed by atoms with Crippen molar-refractivity contribution in [3.63, 3.8) is 0 Å². The van der Waals surface area contributed by atoms with Crippen LogP contribution in [0.25, 0.3) is 0 Å². The molecule has 1 aromatic heterocycles. The normalized spacial score (nSPS) is 14.8. The van der Waals surface area contributed by atoms with E-state index in [1.54, 1.807) is 40.6 Å². The van der Waals surface area contributed by atoms with Gasteiger partial charge in [0.05, 0.1) is 21.7 Å². The zero-order valence-corrected chi connectivity index (χ0v) is 19.3. The molecule has 2 aromatic carbocycles. The first-order valence-corrected chi connectivity index (χ1v) is 12.6. The molecule has 0 atom stereocenters. The van der Waals surface area contributed by atoms with Crippen molar-refractivity contribution in [3.05, 3.63) is 81.5 Å². The topological polar surface area (TPSA) is 86.8 Å². The molecule has 32 heavy (non-hydrogen) atoms. The predicted octanol–water partition coefficient (Wildman–Crippen LogP) is 3.80. The van der Waals surface area contributed by atoms with Crippen LogP contribution >= 0.6 is 22.9 Å². The molecule has 0 radical (unpaired) electrons. The highest BCUT2D eigenvalue weighted by Gasteiger charge is 2.31. The summed E-state index contributed by atoms with van der Waals surface area (Å²) in [6.45, 7) is 0.858. The van der Waals surface area contributed by atoms with Crippen molar-refractivity contribution in [3.8, 4) is 0 Å². The molecule has 10 heteroatoms. The van der Waals surface area contributed by atoms with Gasteiger partial charge in [-0.1, -0.05) is 23.7 Å². The van der Waals surface area contributed by atoms with Crippen LogP contribution in [0.15, 0.2) is 70.3 Å². The Morgan fingerprint density at radius 1 is 0.938 bits per heavy atom. The number of anilines is 1. The van der Waals surface area contributed by atoms with Crippen LogP contribution < -0.4 is 5.32 Å². The second kappa shape index (κ2) is 9.41. The van der Waals surface area contributed by atoms with Crippen LogP contribution in [-0.2, 0) is 10.0 Å². The van der Waals surface area contributed by atoms with E-state index in [4.69, 9.17) is 11.6 Å². The Kier molecular flexibility index (Phi) is 6.61. The Morgan fingerprint density at radius 3 is 2.28 bits per heavy atom. The van der Waals surface area contributed by atoms with Gasteiger partial charge >= 0.3 is 0 Å². The molecule has 7 nitrogen and oxygen atoms in total. The molecule has 0 spiro atoms. The molecule has 0 bridgehead atoms. The largest absolute Gasteiger partial charge is 0.336 e. The molecule has 0 aliphatic carbocycles. The van der Waals surface area contributed by atoms with Crippen molar-refractivity contribution in [2.45, 2.75) is 4.90 Å². The number of nitrogens with zero attached hydrogens (tertiary/aromatic N) is 2. The molecular weight excluding hydrogens is 470 g/mol. The molecule has 2 amide bonds. The zero-order valence-electron chi connectivity index (χ0n) is 16.9. The van der Waals surface area contributed by atoms with Gasteiger partial charge in [0.1, 0.15) is 0 Å². The van der Waals surface area contributed by atoms with Crippen LogP contribution in [0.1, 0.15) is 20.7 Å². The third kappa shape index (κ3) is 4.71. The minimum atomic E-state index is -3.66. The fourth-order valence-corrected chi connectivity index (χ4v) is 5.61. The first-order valence-electron chi connectivity index (χ1n) is 9.84. The van der Waals surface area contributed by atoms with Gasteiger partial charge in [-0.25, -0.2) is 8.42 Å². The van der Waals surface area contributed by atoms with E-state index in [1.165, 1.54) is 39.9 Å². The van der Waals surface area contributed by atoms with E-state index in [0.29, 0.717) is 21.8 Å². The highest BCUT2D eigenvalue weighted by Crippen LogP contribution is 2.23. The molecule has 4 rings (SSSR count). The number of carbonyl (C=O) groups excluding carboxylic acids is 2. The Hall–Kier alpha value is -2.72. The average Bonchev–Trinajstić information content (AvgIpc) is 3.35. The lowest BCUT2D eigenvalue weighted by molar-refractivity contribution is 0.0699. The summed E-state index contributed by atoms with van der Waals surface area (Å²) in [6.07, 6.45) is 0. The van der Waals surface area contributed by atoms with Gasteiger partial charge in [-0.3, -0.25) is 9.59 Å². The first kappa shape index (κ1) is 22.5. The second-order valence-corrected chi connectivity index (χ2v) is 10.3. The van der Waals surface area contributed by atoms with E-state index in [9.17, 15) is 18.0 Å². The monoisotopic (exact) mass is 489 g/mol. The average molecular weight is 490 g/mol. The maximum absolute atomic E-state index is 13.1. The lowest BCUT2D eigenvalue weighted by Gasteiger charge is -2.34. The zero-order chi connectivity index (χ0) is 22.7. The molecule has 1 aliphatic rings. The molecule has 166 valence electrons. The summed E-state index contributed by atoms with van der Waals surface area (Å²) in [5.41, 5.74) is 1.31. The van der Waals surface area contributed by atoms with Crippen molar-refractivity contribution >= 4 is 50.5 Å². The number of hydrogen-bond donors (Lipinski definition) is 1. The summed E-state index contributed by atoms with van der Waals surface area (Å²) in [6, 6.07) is 14.5. The van der Waals surface area contributed by atoms with Crippen LogP contribution in [-0.4, -0.2) is 55.6 Å². The van der Waals surface area contributed by atoms with E-state index in [0.717, 1.165) is 0 Å². The van der Waals surface area contributed by atoms with E-state index in [-0.39, 0.29) is 42.9 Å². The number of nitrogens with one attached hydrogen (secondary N) is 1. The predicted molar refractivity (Wildman–Crippen MR) is 125 cm³/mol. The van der Waals surface area contributed by atoms with Gasteiger partial charge in [0.25, 0.3) is 11.8 Å². The smallest absolute Gasteiger partial charge is 0.256 e. The van der Waals surface area contributed by atoms with E-state index in [1.807, 2.05) is 5.38 Å². The van der Waals surface area contributed by atoms with Crippen LogP contribution in [0, 0.1) is 0 Å². The first-order chi connectivity index (χ1) is 15.4. The summed E-state index contributed by atoms with van der Waals surface area (Å²) in [5.74, 6) is -0.542.